The molecule has 0 atom stereocenters. The minimum Gasteiger partial charge on any atom is -0.329 e. The van der Waals surface area contributed by atoms with Gasteiger partial charge in [-0.2, -0.15) is 0 Å². The molecule has 13 heteroatoms. The van der Waals surface area contributed by atoms with Crippen molar-refractivity contribution >= 4 is 45.4 Å². The molecule has 10 rings (SSSR count). The summed E-state index contributed by atoms with van der Waals surface area (Å²) in [5.41, 5.74) is 5.79. The van der Waals surface area contributed by atoms with Gasteiger partial charge in [0.2, 0.25) is 0 Å². The molecule has 3 aliphatic rings. The van der Waals surface area contributed by atoms with Gasteiger partial charge in [-0.1, -0.05) is 142 Å². The van der Waals surface area contributed by atoms with E-state index in [1.807, 2.05) is 245 Å². The number of imide groups is 1. The number of benzene rings is 5. The second-order valence-corrected chi connectivity index (χ2v) is 23.0. The van der Waals surface area contributed by atoms with E-state index in [-0.39, 0.29) is 57.4 Å². The summed E-state index contributed by atoms with van der Waals surface area (Å²) in [6, 6.07) is 37.7. The topological polar surface area (TPSA) is 148 Å². The molecule has 0 aliphatic carbocycles. The van der Waals surface area contributed by atoms with Crippen LogP contribution in [0.1, 0.15) is 236 Å². The molecule has 0 bridgehead atoms. The van der Waals surface area contributed by atoms with Crippen molar-refractivity contribution in [3.63, 3.8) is 0 Å². The maximum absolute atomic E-state index is 12.3. The Morgan fingerprint density at radius 2 is 0.679 bits per heavy atom. The number of hydrogen-bond acceptors (Lipinski definition) is 8. The van der Waals surface area contributed by atoms with Gasteiger partial charge in [-0.25, -0.2) is 9.97 Å². The lowest BCUT2D eigenvalue weighted by Crippen LogP contribution is -2.45. The molecule has 5 heterocycles. The predicted octanol–water partition coefficient (Wildman–Crippen LogP) is 16.8. The first-order chi connectivity index (χ1) is 39.4. The van der Waals surface area contributed by atoms with Crippen LogP contribution < -0.4 is 11.1 Å². The number of amides is 4. The summed E-state index contributed by atoms with van der Waals surface area (Å²) in [7, 11) is 0. The van der Waals surface area contributed by atoms with E-state index >= 15 is 0 Å². The average molecular weight is 1150 g/mol. The highest BCUT2D eigenvalue weighted by Gasteiger charge is 2.41. The quantitative estimate of drug-likeness (QED) is 0.148. The predicted molar refractivity (Wildman–Crippen MR) is 352 cm³/mol. The number of aromatic nitrogens is 4. The molecule has 0 spiro atoms. The van der Waals surface area contributed by atoms with Crippen molar-refractivity contribution in [3.8, 4) is 0 Å². The van der Waals surface area contributed by atoms with Crippen LogP contribution in [0, 0.1) is 13.8 Å². The van der Waals surface area contributed by atoms with Crippen LogP contribution >= 0.6 is 0 Å². The van der Waals surface area contributed by atoms with E-state index < -0.39 is 5.54 Å². The van der Waals surface area contributed by atoms with Crippen LogP contribution in [-0.4, -0.2) is 74.0 Å². The lowest BCUT2D eigenvalue weighted by Gasteiger charge is -2.31. The Balaban J connectivity index is 0.000000505. The lowest BCUT2D eigenvalue weighted by molar-refractivity contribution is 0.0504. The summed E-state index contributed by atoms with van der Waals surface area (Å²) >= 11 is 0. The number of aryl methyl sites for hydroxylation is 2. The number of para-hydroxylation sites is 2. The second-order valence-electron chi connectivity index (χ2n) is 23.0. The Kier molecular flexibility index (Phi) is 29.3. The summed E-state index contributed by atoms with van der Waals surface area (Å²) in [5.74, 6) is 1.47. The largest absolute Gasteiger partial charge is 0.329 e. The van der Waals surface area contributed by atoms with Gasteiger partial charge in [0.05, 0.1) is 32.9 Å². The third-order valence-electron chi connectivity index (χ3n) is 12.8. The van der Waals surface area contributed by atoms with Gasteiger partial charge in [0.1, 0.15) is 11.6 Å². The van der Waals surface area contributed by atoms with Crippen molar-refractivity contribution in [2.45, 2.75) is 221 Å². The Bertz CT molecular complexity index is 3270. The average Bonchev–Trinajstić information content (AvgIpc) is 3.48. The summed E-state index contributed by atoms with van der Waals surface area (Å²) in [5, 5.41) is 1.37. The van der Waals surface area contributed by atoms with Gasteiger partial charge in [0, 0.05) is 52.4 Å². The highest BCUT2D eigenvalue weighted by molar-refractivity contribution is 6.21. The lowest BCUT2D eigenvalue weighted by atomic mass is 10.1. The van der Waals surface area contributed by atoms with Gasteiger partial charge in [0.25, 0.3) is 34.7 Å². The summed E-state index contributed by atoms with van der Waals surface area (Å²) < 4.78 is 3.47. The highest BCUT2D eigenvalue weighted by atomic mass is 16.2. The van der Waals surface area contributed by atoms with Gasteiger partial charge in [-0.05, 0) is 170 Å². The molecule has 84 heavy (non-hydrogen) atoms. The monoisotopic (exact) mass is 1150 g/mol. The fraction of sp³-hybridized carbons (Fsp3) is 0.465. The first-order valence-electron chi connectivity index (χ1n) is 30.2. The van der Waals surface area contributed by atoms with Gasteiger partial charge in [-0.15, -0.1) is 0 Å². The van der Waals surface area contributed by atoms with Crippen molar-refractivity contribution in [2.24, 2.45) is 0 Å². The Hall–Kier alpha value is -7.54. The van der Waals surface area contributed by atoms with Crippen molar-refractivity contribution in [1.29, 1.82) is 0 Å². The molecule has 4 amide bonds. The zero-order valence-electron chi connectivity index (χ0n) is 56.1. The molecule has 0 saturated heterocycles. The number of fused-ring (bicyclic) bond motifs is 5. The number of carbonyl (C=O) groups is 4. The van der Waals surface area contributed by atoms with Crippen LogP contribution in [0.2, 0.25) is 0 Å². The molecule has 0 fully saturated rings. The van der Waals surface area contributed by atoms with E-state index in [0.717, 1.165) is 58.0 Å². The standard InChI is InChI=1S/C13H16N2O.C12H14N2O.C12H13NO2.2C12H15NO.5C2H6/c1-9-14-11-8-6-5-7-10(11)12(16)15(9)13(2,3)4;1-8(2)14-9(3)13-11-7-5-4-6-10(11)12(14)15;1-12(2,3)13-10(14)8-6-4-5-7-9(8)11(13)15;2*1-12(2,3)13-8-9-6-4-5-7-10(9)11(13)14;5*1-2/h5-8H,1-4H3;4-8H,1-3H3;4-7H,1-3H3;2*4-7H,8H2,1-3H3;5*1-2H3. The minimum atomic E-state index is -0.465. The maximum atomic E-state index is 12.3. The zero-order chi connectivity index (χ0) is 64.8. The minimum absolute atomic E-state index is 0.0376. The molecule has 3 aliphatic heterocycles. The first-order valence-corrected chi connectivity index (χ1v) is 30.2. The van der Waals surface area contributed by atoms with Crippen LogP contribution in [0.3, 0.4) is 0 Å². The fourth-order valence-corrected chi connectivity index (χ4v) is 9.29. The van der Waals surface area contributed by atoms with E-state index in [4.69, 9.17) is 0 Å². The molecule has 5 aromatic carbocycles. The van der Waals surface area contributed by atoms with Crippen molar-refractivity contribution in [1.82, 2.24) is 33.8 Å². The number of hydrogen-bond donors (Lipinski definition) is 0. The molecule has 0 N–H and O–H groups in total. The molecule has 0 radical (unpaired) electrons. The zero-order valence-corrected chi connectivity index (χ0v) is 56.1. The van der Waals surface area contributed by atoms with Crippen LogP contribution in [0.25, 0.3) is 21.8 Å². The number of nitrogens with zero attached hydrogens (tertiary/aromatic N) is 7. The molecule has 0 unspecified atom stereocenters. The molecule has 13 nitrogen and oxygen atoms in total. The smallest absolute Gasteiger partial charge is 0.262 e. The summed E-state index contributed by atoms with van der Waals surface area (Å²) in [4.78, 5) is 86.3. The number of rotatable bonds is 1. The van der Waals surface area contributed by atoms with E-state index in [1.54, 1.807) is 33.4 Å². The fourth-order valence-electron chi connectivity index (χ4n) is 9.29. The summed E-state index contributed by atoms with van der Waals surface area (Å²) in [6.45, 7) is 53.2. The third-order valence-corrected chi connectivity index (χ3v) is 12.8. The van der Waals surface area contributed by atoms with Crippen LogP contribution in [0.5, 0.6) is 0 Å². The van der Waals surface area contributed by atoms with Crippen LogP contribution in [0.15, 0.2) is 131 Å². The molecule has 2 aromatic heterocycles. The Morgan fingerprint density at radius 1 is 0.369 bits per heavy atom. The van der Waals surface area contributed by atoms with Gasteiger partial charge in [-0.3, -0.25) is 42.8 Å². The highest BCUT2D eigenvalue weighted by Crippen LogP contribution is 2.31. The third kappa shape index (κ3) is 18.5. The maximum Gasteiger partial charge on any atom is 0.262 e. The molecule has 7 aromatic rings. The number of carbonyl (C=O) groups excluding carboxylic acids is 4. The Labute approximate surface area is 504 Å². The Morgan fingerprint density at radius 3 is 1.00 bits per heavy atom. The van der Waals surface area contributed by atoms with Crippen molar-refractivity contribution in [2.75, 3.05) is 0 Å². The van der Waals surface area contributed by atoms with Crippen molar-refractivity contribution in [3.05, 3.63) is 187 Å². The molecular weight excluding hydrogens is 1050 g/mol. The van der Waals surface area contributed by atoms with Gasteiger partial charge < -0.3 is 9.80 Å². The van der Waals surface area contributed by atoms with E-state index in [0.29, 0.717) is 21.9 Å². The van der Waals surface area contributed by atoms with Gasteiger partial charge in [0.15, 0.2) is 0 Å². The second kappa shape index (κ2) is 33.1. The molecule has 0 saturated carbocycles. The normalized spacial score (nSPS) is 12.8. The molecule has 458 valence electrons. The van der Waals surface area contributed by atoms with Gasteiger partial charge >= 0.3 is 0 Å². The summed E-state index contributed by atoms with van der Waals surface area (Å²) in [6.07, 6.45) is 0. The van der Waals surface area contributed by atoms with Crippen LogP contribution in [-0.2, 0) is 18.6 Å². The SMILES string of the molecule is CC.CC.CC.CC.CC.CC(C)(C)N1C(=O)c2ccccc2C1=O.CC(C)(C)N1Cc2ccccc2C1=O.CC(C)(C)N1Cc2ccccc2C1=O.Cc1nc2ccccc2c(=O)n1C(C)(C)C.Cc1nc2ccccc2c(=O)n1C(C)C. The van der Waals surface area contributed by atoms with Crippen molar-refractivity contribution < 1.29 is 19.2 Å². The molecular formula is C71H103N7O6. The van der Waals surface area contributed by atoms with E-state index in [1.165, 1.54) is 4.90 Å². The van der Waals surface area contributed by atoms with E-state index in [2.05, 4.69) is 51.5 Å². The first kappa shape index (κ1) is 74.5. The van der Waals surface area contributed by atoms with E-state index in [9.17, 15) is 28.8 Å². The van der Waals surface area contributed by atoms with Crippen LogP contribution in [0.4, 0.5) is 0 Å².